The minimum absolute atomic E-state index is 0. The second kappa shape index (κ2) is 3.74. The molecule has 0 saturated heterocycles. The third kappa shape index (κ3) is 2.52. The summed E-state index contributed by atoms with van der Waals surface area (Å²) in [5.74, 6) is -0.299. The molecule has 1 aliphatic carbocycles. The van der Waals surface area contributed by atoms with Crippen molar-refractivity contribution in [3.8, 4) is 0 Å². The van der Waals surface area contributed by atoms with Crippen molar-refractivity contribution >= 4 is 18.4 Å². The lowest BCUT2D eigenvalue weighted by Gasteiger charge is -2.05. The number of nitrogens with two attached hydrogens (primary N) is 1. The number of ether oxygens (including phenoxy) is 1. The fourth-order valence-electron chi connectivity index (χ4n) is 0.617. The Balaban J connectivity index is 0.000001000. The van der Waals surface area contributed by atoms with Gasteiger partial charge in [0.05, 0.1) is 0 Å². The molecule has 0 amide bonds. The zero-order valence-corrected chi connectivity index (χ0v) is 7.02. The van der Waals surface area contributed by atoms with Crippen molar-refractivity contribution in [1.29, 1.82) is 0 Å². The zero-order chi connectivity index (χ0) is 7.61. The summed E-state index contributed by atoms with van der Waals surface area (Å²) in [6.45, 7) is 3.68. The third-order valence-corrected chi connectivity index (χ3v) is 1.53. The third-order valence-electron chi connectivity index (χ3n) is 1.53. The lowest BCUT2D eigenvalue weighted by atomic mass is 10.3. The van der Waals surface area contributed by atoms with E-state index in [0.717, 1.165) is 12.8 Å². The molecule has 0 aromatic heterocycles. The quantitative estimate of drug-likeness (QED) is 0.508. The predicted molar refractivity (Wildman–Crippen MR) is 44.6 cm³/mol. The number of hydrogen-bond acceptors (Lipinski definition) is 3. The summed E-state index contributed by atoms with van der Waals surface area (Å²) in [5, 5.41) is 0. The van der Waals surface area contributed by atoms with Crippen LogP contribution in [-0.2, 0) is 9.53 Å². The molecule has 0 unspecified atom stereocenters. The highest BCUT2D eigenvalue weighted by molar-refractivity contribution is 5.85. The van der Waals surface area contributed by atoms with E-state index in [0.29, 0.717) is 0 Å². The maximum absolute atomic E-state index is 10.9. The standard InChI is InChI=1S/C7H11NO2.ClH/c1-2-5-10-6(9)7(8)3-4-7;/h2H,1,3-5,8H2;1H. The van der Waals surface area contributed by atoms with E-state index in [1.807, 2.05) is 0 Å². The lowest BCUT2D eigenvalue weighted by molar-refractivity contribution is -0.145. The fraction of sp³-hybridized carbons (Fsp3) is 0.571. The van der Waals surface area contributed by atoms with E-state index in [1.165, 1.54) is 6.08 Å². The van der Waals surface area contributed by atoms with Crippen molar-refractivity contribution in [3.05, 3.63) is 12.7 Å². The van der Waals surface area contributed by atoms with E-state index in [1.54, 1.807) is 0 Å². The van der Waals surface area contributed by atoms with Gasteiger partial charge in [-0.3, -0.25) is 4.79 Å². The van der Waals surface area contributed by atoms with Gasteiger partial charge in [-0.15, -0.1) is 12.4 Å². The van der Waals surface area contributed by atoms with Crippen LogP contribution in [-0.4, -0.2) is 18.1 Å². The molecule has 0 aliphatic heterocycles. The molecule has 11 heavy (non-hydrogen) atoms. The van der Waals surface area contributed by atoms with Gasteiger partial charge in [-0.05, 0) is 12.8 Å². The Morgan fingerprint density at radius 3 is 2.64 bits per heavy atom. The molecule has 0 aromatic carbocycles. The molecule has 1 saturated carbocycles. The van der Waals surface area contributed by atoms with Gasteiger partial charge < -0.3 is 10.5 Å². The van der Waals surface area contributed by atoms with E-state index in [2.05, 4.69) is 6.58 Å². The average Bonchev–Trinajstić information content (AvgIpc) is 2.64. The monoisotopic (exact) mass is 177 g/mol. The van der Waals surface area contributed by atoms with Crippen molar-refractivity contribution in [2.75, 3.05) is 6.61 Å². The van der Waals surface area contributed by atoms with Crippen LogP contribution in [0.3, 0.4) is 0 Å². The normalized spacial score (nSPS) is 17.9. The highest BCUT2D eigenvalue weighted by Crippen LogP contribution is 2.33. The van der Waals surface area contributed by atoms with Crippen LogP contribution in [0.4, 0.5) is 0 Å². The van der Waals surface area contributed by atoms with Crippen molar-refractivity contribution < 1.29 is 9.53 Å². The summed E-state index contributed by atoms with van der Waals surface area (Å²) in [6, 6.07) is 0. The lowest BCUT2D eigenvalue weighted by Crippen LogP contribution is -2.34. The molecule has 0 spiro atoms. The van der Waals surface area contributed by atoms with E-state index in [-0.39, 0.29) is 25.0 Å². The number of carbonyl (C=O) groups is 1. The summed E-state index contributed by atoms with van der Waals surface area (Å²) < 4.78 is 4.74. The predicted octanol–water partition coefficient (Wildman–Crippen LogP) is 0.629. The summed E-state index contributed by atoms with van der Waals surface area (Å²) >= 11 is 0. The van der Waals surface area contributed by atoms with Gasteiger partial charge >= 0.3 is 5.97 Å². The topological polar surface area (TPSA) is 52.3 Å². The molecular weight excluding hydrogens is 166 g/mol. The molecule has 0 heterocycles. The average molecular weight is 178 g/mol. The van der Waals surface area contributed by atoms with Crippen LogP contribution < -0.4 is 5.73 Å². The van der Waals surface area contributed by atoms with Crippen LogP contribution in [0, 0.1) is 0 Å². The molecule has 0 bridgehead atoms. The second-order valence-corrected chi connectivity index (χ2v) is 2.54. The van der Waals surface area contributed by atoms with Crippen molar-refractivity contribution in [1.82, 2.24) is 0 Å². The summed E-state index contributed by atoms with van der Waals surface area (Å²) in [5.41, 5.74) is 4.87. The van der Waals surface area contributed by atoms with Crippen LogP contribution in [0.15, 0.2) is 12.7 Å². The van der Waals surface area contributed by atoms with Gasteiger partial charge in [-0.2, -0.15) is 0 Å². The van der Waals surface area contributed by atoms with Gasteiger partial charge in [0.2, 0.25) is 0 Å². The fourth-order valence-corrected chi connectivity index (χ4v) is 0.617. The molecule has 1 fully saturated rings. The van der Waals surface area contributed by atoms with Crippen LogP contribution >= 0.6 is 12.4 Å². The van der Waals surface area contributed by atoms with E-state index in [4.69, 9.17) is 10.5 Å². The Bertz CT molecular complexity index is 166. The smallest absolute Gasteiger partial charge is 0.326 e. The Morgan fingerprint density at radius 2 is 2.27 bits per heavy atom. The van der Waals surface area contributed by atoms with Crippen molar-refractivity contribution in [3.63, 3.8) is 0 Å². The van der Waals surface area contributed by atoms with Gasteiger partial charge in [0.1, 0.15) is 12.1 Å². The number of carbonyl (C=O) groups excluding carboxylic acids is 1. The molecule has 3 nitrogen and oxygen atoms in total. The first kappa shape index (κ1) is 10.5. The van der Waals surface area contributed by atoms with Gasteiger partial charge in [-0.25, -0.2) is 0 Å². The maximum Gasteiger partial charge on any atom is 0.326 e. The molecule has 0 atom stereocenters. The first-order valence-electron chi connectivity index (χ1n) is 3.26. The van der Waals surface area contributed by atoms with Crippen LogP contribution in [0.5, 0.6) is 0 Å². The number of hydrogen-bond donors (Lipinski definition) is 1. The molecular formula is C7H12ClNO2. The minimum atomic E-state index is -0.650. The Labute approximate surface area is 72.0 Å². The molecule has 1 rings (SSSR count). The summed E-state index contributed by atoms with van der Waals surface area (Å²) in [7, 11) is 0. The van der Waals surface area contributed by atoms with Crippen LogP contribution in [0.2, 0.25) is 0 Å². The molecule has 4 heteroatoms. The van der Waals surface area contributed by atoms with Crippen molar-refractivity contribution in [2.24, 2.45) is 5.73 Å². The number of esters is 1. The van der Waals surface area contributed by atoms with Crippen LogP contribution in [0.1, 0.15) is 12.8 Å². The molecule has 0 aromatic rings. The van der Waals surface area contributed by atoms with Gasteiger partial charge in [0, 0.05) is 0 Å². The SMILES string of the molecule is C=CCOC(=O)C1(N)CC1.Cl. The largest absolute Gasteiger partial charge is 0.460 e. The Kier molecular flexibility index (Phi) is 3.55. The molecule has 0 radical (unpaired) electrons. The summed E-state index contributed by atoms with van der Waals surface area (Å²) in [6.07, 6.45) is 3.04. The first-order valence-corrected chi connectivity index (χ1v) is 3.26. The van der Waals surface area contributed by atoms with Gasteiger partial charge in [0.15, 0.2) is 0 Å². The van der Waals surface area contributed by atoms with E-state index >= 15 is 0 Å². The molecule has 2 N–H and O–H groups in total. The minimum Gasteiger partial charge on any atom is -0.460 e. The van der Waals surface area contributed by atoms with Crippen LogP contribution in [0.25, 0.3) is 0 Å². The highest BCUT2D eigenvalue weighted by atomic mass is 35.5. The Hall–Kier alpha value is -0.540. The highest BCUT2D eigenvalue weighted by Gasteiger charge is 2.47. The van der Waals surface area contributed by atoms with Gasteiger partial charge in [-0.1, -0.05) is 12.7 Å². The van der Waals surface area contributed by atoms with Gasteiger partial charge in [0.25, 0.3) is 0 Å². The Morgan fingerprint density at radius 1 is 1.73 bits per heavy atom. The van der Waals surface area contributed by atoms with E-state index in [9.17, 15) is 4.79 Å². The molecule has 1 aliphatic rings. The molecule has 64 valence electrons. The van der Waals surface area contributed by atoms with E-state index < -0.39 is 5.54 Å². The number of halogens is 1. The maximum atomic E-state index is 10.9. The first-order chi connectivity index (χ1) is 4.69. The zero-order valence-electron chi connectivity index (χ0n) is 6.21. The summed E-state index contributed by atoms with van der Waals surface area (Å²) in [4.78, 5) is 10.9. The number of rotatable bonds is 3. The van der Waals surface area contributed by atoms with Crippen molar-refractivity contribution in [2.45, 2.75) is 18.4 Å². The second-order valence-electron chi connectivity index (χ2n) is 2.54.